The minimum Gasteiger partial charge on any atom is -0.481 e. The number of carbonyl (C=O) groups excluding carboxylic acids is 1. The number of hydrogen-bond acceptors (Lipinski definition) is 3. The molecule has 20 heavy (non-hydrogen) atoms. The predicted molar refractivity (Wildman–Crippen MR) is 75.6 cm³/mol. The van der Waals surface area contributed by atoms with Gasteiger partial charge in [0.1, 0.15) is 0 Å². The minimum atomic E-state index is -0.799. The van der Waals surface area contributed by atoms with Gasteiger partial charge in [-0.15, -0.1) is 0 Å². The van der Waals surface area contributed by atoms with Gasteiger partial charge >= 0.3 is 12.0 Å². The number of aliphatic carboxylic acids is 1. The molecule has 1 fully saturated rings. The van der Waals surface area contributed by atoms with E-state index in [9.17, 15) is 9.59 Å². The molecule has 1 unspecified atom stereocenters. The fourth-order valence-electron chi connectivity index (χ4n) is 1.71. The second kappa shape index (κ2) is 9.58. The van der Waals surface area contributed by atoms with Crippen molar-refractivity contribution in [3.63, 3.8) is 0 Å². The predicted octanol–water partition coefficient (Wildman–Crippen LogP) is 1.60. The molecule has 116 valence electrons. The van der Waals surface area contributed by atoms with Gasteiger partial charge in [0.05, 0.1) is 0 Å². The molecular formula is C14H26N2O4. The molecule has 0 aromatic heterocycles. The Morgan fingerprint density at radius 1 is 1.35 bits per heavy atom. The molecule has 2 amide bonds. The van der Waals surface area contributed by atoms with Crippen LogP contribution in [0, 0.1) is 11.8 Å². The van der Waals surface area contributed by atoms with Gasteiger partial charge in [-0.05, 0) is 37.5 Å². The van der Waals surface area contributed by atoms with Gasteiger partial charge in [-0.1, -0.05) is 6.92 Å². The Morgan fingerprint density at radius 2 is 2.10 bits per heavy atom. The second-order valence-electron chi connectivity index (χ2n) is 5.55. The number of hydrogen-bond donors (Lipinski definition) is 3. The number of ether oxygens (including phenoxy) is 1. The quantitative estimate of drug-likeness (QED) is 0.503. The van der Waals surface area contributed by atoms with Gasteiger partial charge in [0.2, 0.25) is 0 Å². The van der Waals surface area contributed by atoms with E-state index in [1.807, 2.05) is 6.92 Å². The lowest BCUT2D eigenvalue weighted by Crippen LogP contribution is -2.38. The Hall–Kier alpha value is -1.30. The van der Waals surface area contributed by atoms with Crippen LogP contribution in [0.2, 0.25) is 0 Å². The number of rotatable bonds is 11. The number of carboxylic acid groups (broad SMARTS) is 1. The molecule has 0 aromatic rings. The van der Waals surface area contributed by atoms with Crippen molar-refractivity contribution in [3.05, 3.63) is 0 Å². The smallest absolute Gasteiger partial charge is 0.314 e. The first-order chi connectivity index (χ1) is 9.58. The molecule has 1 saturated carbocycles. The summed E-state index contributed by atoms with van der Waals surface area (Å²) in [5.74, 6) is 0.143. The molecular weight excluding hydrogens is 260 g/mol. The Bertz CT molecular complexity index is 306. The SMILES string of the molecule is CC(CCC(=O)O)CNC(=O)NCCCOCC1CC1. The average molecular weight is 286 g/mol. The van der Waals surface area contributed by atoms with Gasteiger partial charge in [0.25, 0.3) is 0 Å². The maximum Gasteiger partial charge on any atom is 0.314 e. The van der Waals surface area contributed by atoms with Gasteiger partial charge in [-0.25, -0.2) is 4.79 Å². The van der Waals surface area contributed by atoms with E-state index in [0.29, 0.717) is 26.1 Å². The summed E-state index contributed by atoms with van der Waals surface area (Å²) in [6.45, 7) is 4.56. The Morgan fingerprint density at radius 3 is 2.75 bits per heavy atom. The van der Waals surface area contributed by atoms with E-state index >= 15 is 0 Å². The molecule has 0 radical (unpaired) electrons. The molecule has 0 bridgehead atoms. The summed E-state index contributed by atoms with van der Waals surface area (Å²) in [5, 5.41) is 14.1. The first-order valence-corrected chi connectivity index (χ1v) is 7.39. The Balaban J connectivity index is 1.87. The topological polar surface area (TPSA) is 87.7 Å². The lowest BCUT2D eigenvalue weighted by molar-refractivity contribution is -0.137. The van der Waals surface area contributed by atoms with E-state index in [2.05, 4.69) is 10.6 Å². The monoisotopic (exact) mass is 286 g/mol. The first-order valence-electron chi connectivity index (χ1n) is 7.39. The van der Waals surface area contributed by atoms with Crippen molar-refractivity contribution in [1.82, 2.24) is 10.6 Å². The van der Waals surface area contributed by atoms with Gasteiger partial charge in [-0.3, -0.25) is 4.79 Å². The third-order valence-corrected chi connectivity index (χ3v) is 3.26. The molecule has 6 nitrogen and oxygen atoms in total. The van der Waals surface area contributed by atoms with Crippen LogP contribution < -0.4 is 10.6 Å². The molecule has 6 heteroatoms. The summed E-state index contributed by atoms with van der Waals surface area (Å²) in [7, 11) is 0. The lowest BCUT2D eigenvalue weighted by Gasteiger charge is -2.12. The number of nitrogens with one attached hydrogen (secondary N) is 2. The van der Waals surface area contributed by atoms with Crippen LogP contribution in [0.4, 0.5) is 4.79 Å². The van der Waals surface area contributed by atoms with E-state index < -0.39 is 5.97 Å². The number of amides is 2. The van der Waals surface area contributed by atoms with Crippen molar-refractivity contribution < 1.29 is 19.4 Å². The van der Waals surface area contributed by atoms with Crippen LogP contribution in [0.15, 0.2) is 0 Å². The first kappa shape index (κ1) is 16.8. The van der Waals surface area contributed by atoms with Crippen LogP contribution in [0.5, 0.6) is 0 Å². The van der Waals surface area contributed by atoms with Crippen LogP contribution in [0.25, 0.3) is 0 Å². The van der Waals surface area contributed by atoms with Gasteiger partial charge in [0.15, 0.2) is 0 Å². The third kappa shape index (κ3) is 9.61. The summed E-state index contributed by atoms with van der Waals surface area (Å²) < 4.78 is 5.46. The zero-order valence-electron chi connectivity index (χ0n) is 12.2. The molecule has 3 N–H and O–H groups in total. The normalized spacial score (nSPS) is 15.7. The molecule has 1 atom stereocenters. The zero-order valence-corrected chi connectivity index (χ0v) is 12.2. The second-order valence-corrected chi connectivity index (χ2v) is 5.55. The van der Waals surface area contributed by atoms with E-state index in [-0.39, 0.29) is 18.4 Å². The van der Waals surface area contributed by atoms with Crippen molar-refractivity contribution in [2.45, 2.75) is 39.0 Å². The zero-order chi connectivity index (χ0) is 14.8. The summed E-state index contributed by atoms with van der Waals surface area (Å²) in [5.41, 5.74) is 0. The van der Waals surface area contributed by atoms with E-state index in [1.54, 1.807) is 0 Å². The van der Waals surface area contributed by atoms with Crippen LogP contribution >= 0.6 is 0 Å². The van der Waals surface area contributed by atoms with E-state index in [4.69, 9.17) is 9.84 Å². The van der Waals surface area contributed by atoms with Crippen LogP contribution in [0.1, 0.15) is 39.0 Å². The molecule has 0 spiro atoms. The Labute approximate surface area is 120 Å². The van der Waals surface area contributed by atoms with Crippen LogP contribution in [-0.4, -0.2) is 43.4 Å². The summed E-state index contributed by atoms with van der Waals surface area (Å²) in [6.07, 6.45) is 4.11. The highest BCUT2D eigenvalue weighted by atomic mass is 16.5. The summed E-state index contributed by atoms with van der Waals surface area (Å²) in [4.78, 5) is 21.9. The van der Waals surface area contributed by atoms with Crippen LogP contribution in [0.3, 0.4) is 0 Å². The minimum absolute atomic E-state index is 0.142. The molecule has 1 rings (SSSR count). The van der Waals surface area contributed by atoms with Crippen LogP contribution in [-0.2, 0) is 9.53 Å². The molecule has 0 heterocycles. The van der Waals surface area contributed by atoms with Gasteiger partial charge in [0, 0.05) is 32.7 Å². The molecule has 0 aromatic carbocycles. The average Bonchev–Trinajstić information content (AvgIpc) is 3.22. The highest BCUT2D eigenvalue weighted by Crippen LogP contribution is 2.28. The van der Waals surface area contributed by atoms with Crippen molar-refractivity contribution in [1.29, 1.82) is 0 Å². The fourth-order valence-corrected chi connectivity index (χ4v) is 1.71. The maximum absolute atomic E-state index is 11.5. The largest absolute Gasteiger partial charge is 0.481 e. The lowest BCUT2D eigenvalue weighted by atomic mass is 10.1. The van der Waals surface area contributed by atoms with Crippen molar-refractivity contribution in [2.24, 2.45) is 11.8 Å². The number of urea groups is 1. The van der Waals surface area contributed by atoms with Crippen molar-refractivity contribution >= 4 is 12.0 Å². The number of carboxylic acids is 1. The van der Waals surface area contributed by atoms with E-state index in [0.717, 1.165) is 18.9 Å². The molecule has 0 saturated heterocycles. The highest BCUT2D eigenvalue weighted by molar-refractivity contribution is 5.73. The van der Waals surface area contributed by atoms with Crippen molar-refractivity contribution in [2.75, 3.05) is 26.3 Å². The Kier molecular flexibility index (Phi) is 8.02. The highest BCUT2D eigenvalue weighted by Gasteiger charge is 2.20. The maximum atomic E-state index is 11.5. The molecule has 1 aliphatic carbocycles. The standard InChI is InChI=1S/C14H26N2O4/c1-11(3-6-13(17)18)9-16-14(19)15-7-2-8-20-10-12-4-5-12/h11-12H,2-10H2,1H3,(H,17,18)(H2,15,16,19). The fraction of sp³-hybridized carbons (Fsp3) is 0.857. The summed E-state index contributed by atoms with van der Waals surface area (Å²) in [6, 6.07) is -0.200. The van der Waals surface area contributed by atoms with E-state index in [1.165, 1.54) is 12.8 Å². The van der Waals surface area contributed by atoms with Gasteiger partial charge in [-0.2, -0.15) is 0 Å². The van der Waals surface area contributed by atoms with Gasteiger partial charge < -0.3 is 20.5 Å². The molecule has 0 aliphatic heterocycles. The number of carbonyl (C=O) groups is 2. The third-order valence-electron chi connectivity index (χ3n) is 3.26. The summed E-state index contributed by atoms with van der Waals surface area (Å²) >= 11 is 0. The molecule has 1 aliphatic rings. The van der Waals surface area contributed by atoms with Crippen molar-refractivity contribution in [3.8, 4) is 0 Å².